The summed E-state index contributed by atoms with van der Waals surface area (Å²) >= 11 is 1.08. The average Bonchev–Trinajstić information content (AvgIpc) is 2.70. The number of hydrogen-bond donors (Lipinski definition) is 3. The second kappa shape index (κ2) is 11.5. The second-order valence-corrected chi connectivity index (χ2v) is 7.31. The Morgan fingerprint density at radius 3 is 2.29 bits per heavy atom. The summed E-state index contributed by atoms with van der Waals surface area (Å²) in [5.74, 6) is -6.89. The molecule has 0 radical (unpaired) electrons. The molecular formula is C18H18N2Na2O8S. The van der Waals surface area contributed by atoms with E-state index in [4.69, 9.17) is 0 Å². The molecule has 2 aliphatic rings. The van der Waals surface area contributed by atoms with Crippen LogP contribution in [0.2, 0.25) is 0 Å². The number of nitrogens with zero attached hydrogens (tertiary/aromatic N) is 1. The van der Waals surface area contributed by atoms with Gasteiger partial charge in [-0.15, -0.1) is 11.8 Å². The summed E-state index contributed by atoms with van der Waals surface area (Å²) in [6, 6.07) is 6.71. The topological polar surface area (TPSA) is 150 Å². The number of rotatable bonds is 6. The summed E-state index contributed by atoms with van der Waals surface area (Å²) in [6.07, 6.45) is 0. The Kier molecular flexibility index (Phi) is 10.3. The molecule has 2 unspecified atom stereocenters. The number of thioether (sulfide) groups is 1. The monoisotopic (exact) mass is 468 g/mol. The van der Waals surface area contributed by atoms with Crippen molar-refractivity contribution >= 4 is 101 Å². The van der Waals surface area contributed by atoms with Gasteiger partial charge >= 0.3 is 77.0 Å². The van der Waals surface area contributed by atoms with Crippen molar-refractivity contribution in [2.75, 3.05) is 12.9 Å². The third kappa shape index (κ3) is 5.36. The minimum absolute atomic E-state index is 0. The molecule has 2 heterocycles. The standard InChI is InChI=1S/C18H16N2O8S.2Na.2H/c1-28-18(27)9-7-29-15-11(14(22)20(15)12(9)17(25)26)19-13(21)10(16(23)24)8-5-3-2-4-6-8;;;;/h2-6,10-11,15H,7H2,1H3,(H,19,21)(H,23,24)(H,25,26);;;;/t10?,11?,15-;;;;/m1..../s1. The second-order valence-electron chi connectivity index (χ2n) is 6.20. The number of fused-ring (bicyclic) bond motifs is 1. The molecule has 2 amide bonds. The van der Waals surface area contributed by atoms with Crippen LogP contribution in [0.15, 0.2) is 41.6 Å². The van der Waals surface area contributed by atoms with Crippen LogP contribution in [0, 0.1) is 0 Å². The summed E-state index contributed by atoms with van der Waals surface area (Å²) in [5.41, 5.74) is -0.405. The zero-order valence-electron chi connectivity index (χ0n) is 15.0. The molecule has 0 spiro atoms. The normalized spacial score (nSPS) is 20.2. The maximum atomic E-state index is 12.6. The van der Waals surface area contributed by atoms with Crippen molar-refractivity contribution in [1.82, 2.24) is 10.2 Å². The van der Waals surface area contributed by atoms with E-state index < -0.39 is 52.8 Å². The maximum absolute atomic E-state index is 12.6. The van der Waals surface area contributed by atoms with Crippen LogP contribution in [0.4, 0.5) is 0 Å². The van der Waals surface area contributed by atoms with E-state index in [0.29, 0.717) is 0 Å². The van der Waals surface area contributed by atoms with Crippen molar-refractivity contribution in [2.24, 2.45) is 0 Å². The number of aliphatic carboxylic acids is 2. The van der Waals surface area contributed by atoms with Crippen LogP contribution in [0.5, 0.6) is 0 Å². The SMILES string of the molecule is COC(=O)C1=C(C(=O)O)N2C(=O)C(NC(=O)C(C(=O)O)c3ccccc3)[C@H]2SC1.[NaH].[NaH]. The van der Waals surface area contributed by atoms with Gasteiger partial charge in [0.2, 0.25) is 5.91 Å². The number of carbonyl (C=O) groups is 5. The third-order valence-corrected chi connectivity index (χ3v) is 5.82. The van der Waals surface area contributed by atoms with E-state index in [9.17, 15) is 34.2 Å². The summed E-state index contributed by atoms with van der Waals surface area (Å²) < 4.78 is 4.56. The van der Waals surface area contributed by atoms with E-state index in [2.05, 4.69) is 10.1 Å². The fraction of sp³-hybridized carbons (Fsp3) is 0.278. The van der Waals surface area contributed by atoms with Gasteiger partial charge in [0.05, 0.1) is 12.7 Å². The van der Waals surface area contributed by atoms with Crippen LogP contribution < -0.4 is 5.32 Å². The summed E-state index contributed by atoms with van der Waals surface area (Å²) in [6.45, 7) is 0. The summed E-state index contributed by atoms with van der Waals surface area (Å²) in [5, 5.41) is 20.5. The Morgan fingerprint density at radius 2 is 1.77 bits per heavy atom. The van der Waals surface area contributed by atoms with E-state index in [0.717, 1.165) is 23.8 Å². The first-order chi connectivity index (χ1) is 13.8. The van der Waals surface area contributed by atoms with Crippen LogP contribution in [-0.2, 0) is 28.7 Å². The molecule has 1 aromatic carbocycles. The van der Waals surface area contributed by atoms with Gasteiger partial charge in [-0.05, 0) is 5.56 Å². The number of ether oxygens (including phenoxy) is 1. The first-order valence-corrected chi connectivity index (χ1v) is 9.40. The number of methoxy groups -OCH3 is 1. The number of benzene rings is 1. The van der Waals surface area contributed by atoms with Gasteiger partial charge in [0.1, 0.15) is 17.1 Å². The van der Waals surface area contributed by atoms with E-state index in [1.165, 1.54) is 12.1 Å². The van der Waals surface area contributed by atoms with Crippen molar-refractivity contribution in [3.63, 3.8) is 0 Å². The summed E-state index contributed by atoms with van der Waals surface area (Å²) in [7, 11) is 1.10. The van der Waals surface area contributed by atoms with Crippen LogP contribution >= 0.6 is 11.8 Å². The first kappa shape index (κ1) is 27.7. The quantitative estimate of drug-likeness (QED) is 0.196. The molecule has 156 valence electrons. The van der Waals surface area contributed by atoms with Gasteiger partial charge < -0.3 is 20.3 Å². The van der Waals surface area contributed by atoms with Gasteiger partial charge in [-0.1, -0.05) is 30.3 Å². The zero-order valence-corrected chi connectivity index (χ0v) is 15.8. The number of carboxylic acids is 2. The predicted octanol–water partition coefficient (Wildman–Crippen LogP) is -1.53. The zero-order chi connectivity index (χ0) is 21.3. The van der Waals surface area contributed by atoms with E-state index >= 15 is 0 Å². The Morgan fingerprint density at radius 1 is 1.16 bits per heavy atom. The van der Waals surface area contributed by atoms with Crippen molar-refractivity contribution in [2.45, 2.75) is 17.3 Å². The molecule has 0 aromatic heterocycles. The van der Waals surface area contributed by atoms with Crippen molar-refractivity contribution in [1.29, 1.82) is 0 Å². The van der Waals surface area contributed by atoms with Crippen LogP contribution in [0.25, 0.3) is 0 Å². The molecule has 0 bridgehead atoms. The number of carbonyl (C=O) groups excluding carboxylic acids is 3. The Bertz CT molecular complexity index is 940. The Hall–Kier alpha value is -1.34. The van der Waals surface area contributed by atoms with E-state index in [1.807, 2.05) is 0 Å². The molecule has 3 N–H and O–H groups in total. The molecule has 1 aromatic rings. The average molecular weight is 468 g/mol. The Labute approximate surface area is 225 Å². The minimum atomic E-state index is -1.52. The first-order valence-electron chi connectivity index (χ1n) is 8.35. The van der Waals surface area contributed by atoms with Crippen LogP contribution in [0.1, 0.15) is 11.5 Å². The molecule has 2 aliphatic heterocycles. The van der Waals surface area contributed by atoms with E-state index in [1.54, 1.807) is 18.2 Å². The molecule has 3 rings (SSSR count). The number of esters is 1. The van der Waals surface area contributed by atoms with Crippen molar-refractivity contribution in [3.05, 3.63) is 47.2 Å². The number of amides is 2. The number of carboxylic acid groups (broad SMARTS) is 2. The number of β-lactam (4-membered cyclic amide) rings is 1. The molecule has 1 saturated heterocycles. The van der Waals surface area contributed by atoms with Crippen LogP contribution in [0.3, 0.4) is 0 Å². The molecule has 10 nitrogen and oxygen atoms in total. The van der Waals surface area contributed by atoms with Crippen molar-refractivity contribution < 1.29 is 38.9 Å². The molecule has 13 heteroatoms. The fourth-order valence-corrected chi connectivity index (χ4v) is 4.51. The fourth-order valence-electron chi connectivity index (χ4n) is 3.19. The molecule has 0 aliphatic carbocycles. The Balaban J connectivity index is 0.00000240. The molecule has 31 heavy (non-hydrogen) atoms. The van der Waals surface area contributed by atoms with Crippen molar-refractivity contribution in [3.8, 4) is 0 Å². The predicted molar refractivity (Wildman–Crippen MR) is 113 cm³/mol. The van der Waals surface area contributed by atoms with Gasteiger partial charge in [0.15, 0.2) is 5.92 Å². The van der Waals surface area contributed by atoms with Gasteiger partial charge in [0, 0.05) is 5.75 Å². The van der Waals surface area contributed by atoms with Gasteiger partial charge in [0.25, 0.3) is 5.91 Å². The molecular weight excluding hydrogens is 450 g/mol. The van der Waals surface area contributed by atoms with Gasteiger partial charge in [-0.2, -0.15) is 0 Å². The number of nitrogens with one attached hydrogen (secondary N) is 1. The molecule has 0 saturated carbocycles. The van der Waals surface area contributed by atoms with E-state index in [-0.39, 0.29) is 76.0 Å². The third-order valence-electron chi connectivity index (χ3n) is 4.54. The van der Waals surface area contributed by atoms with Gasteiger partial charge in [-0.3, -0.25) is 19.3 Å². The molecule has 3 atom stereocenters. The van der Waals surface area contributed by atoms with Crippen LogP contribution in [-0.4, -0.2) is 128 Å². The molecule has 1 fully saturated rings. The van der Waals surface area contributed by atoms with Gasteiger partial charge in [-0.25, -0.2) is 9.59 Å². The number of hydrogen-bond acceptors (Lipinski definition) is 7. The summed E-state index contributed by atoms with van der Waals surface area (Å²) in [4.78, 5) is 61.0.